The summed E-state index contributed by atoms with van der Waals surface area (Å²) in [5.74, 6) is 0. The van der Waals surface area contributed by atoms with Gasteiger partial charge in [0.1, 0.15) is 0 Å². The minimum absolute atomic E-state index is 0.451. The van der Waals surface area contributed by atoms with Crippen molar-refractivity contribution in [3.63, 3.8) is 0 Å². The first-order valence-electron chi connectivity index (χ1n) is 7.50. The van der Waals surface area contributed by atoms with Crippen LogP contribution in [0.5, 0.6) is 0 Å². The molecule has 20 heavy (non-hydrogen) atoms. The quantitative estimate of drug-likeness (QED) is 0.806. The van der Waals surface area contributed by atoms with E-state index in [4.69, 9.17) is 0 Å². The van der Waals surface area contributed by atoms with Crippen LogP contribution in [-0.4, -0.2) is 19.6 Å². The van der Waals surface area contributed by atoms with Gasteiger partial charge in [-0.3, -0.25) is 9.36 Å². The molecule has 0 saturated heterocycles. The summed E-state index contributed by atoms with van der Waals surface area (Å²) in [7, 11) is 0. The Morgan fingerprint density at radius 2 is 1.80 bits per heavy atom. The summed E-state index contributed by atoms with van der Waals surface area (Å²) in [6.45, 7) is 9.21. The number of hydrogen-bond donors (Lipinski definition) is 1. The molecule has 1 N–H and O–H groups in total. The molecule has 0 radical (unpaired) electrons. The highest BCUT2D eigenvalue weighted by Crippen LogP contribution is 2.12. The normalized spacial score (nSPS) is 12.8. The van der Waals surface area contributed by atoms with E-state index in [1.807, 2.05) is 12.4 Å². The Balaban J connectivity index is 1.90. The monoisotopic (exact) mass is 275 g/mol. The lowest BCUT2D eigenvalue weighted by Crippen LogP contribution is -2.20. The third-order valence-electron chi connectivity index (χ3n) is 3.61. The molecule has 0 aliphatic heterocycles. The highest BCUT2D eigenvalue weighted by atomic mass is 15.3. The summed E-state index contributed by atoms with van der Waals surface area (Å²) >= 11 is 0. The molecule has 0 aliphatic rings. The lowest BCUT2D eigenvalue weighted by molar-refractivity contribution is 0.449. The zero-order chi connectivity index (χ0) is 14.4. The zero-order valence-corrected chi connectivity index (χ0v) is 12.7. The van der Waals surface area contributed by atoms with Gasteiger partial charge in [0.15, 0.2) is 0 Å². The third kappa shape index (κ3) is 3.48. The lowest BCUT2D eigenvalue weighted by Gasteiger charge is -2.14. The van der Waals surface area contributed by atoms with Gasteiger partial charge < -0.3 is 5.32 Å². The van der Waals surface area contributed by atoms with Gasteiger partial charge in [0.25, 0.3) is 0 Å². The highest BCUT2D eigenvalue weighted by molar-refractivity contribution is 5.03. The number of nitrogens with zero attached hydrogens (tertiary/aromatic N) is 4. The maximum absolute atomic E-state index is 4.41. The first-order valence-corrected chi connectivity index (χ1v) is 7.50. The van der Waals surface area contributed by atoms with Crippen molar-refractivity contribution in [2.45, 2.75) is 59.3 Å². The second kappa shape index (κ2) is 7.24. The molecule has 0 amide bonds. The van der Waals surface area contributed by atoms with Crippen molar-refractivity contribution >= 4 is 0 Å². The fraction of sp³-hybridized carbons (Fsp3) is 0.600. The number of aromatic nitrogens is 4. The van der Waals surface area contributed by atoms with Crippen molar-refractivity contribution in [3.8, 4) is 0 Å². The Morgan fingerprint density at radius 1 is 1.10 bits per heavy atom. The van der Waals surface area contributed by atoms with E-state index in [0.717, 1.165) is 32.5 Å². The molecule has 5 heteroatoms. The molecule has 2 rings (SSSR count). The van der Waals surface area contributed by atoms with Crippen molar-refractivity contribution in [2.75, 3.05) is 0 Å². The van der Waals surface area contributed by atoms with Gasteiger partial charge >= 0.3 is 0 Å². The minimum atomic E-state index is 0.451. The number of hydrogen-bond acceptors (Lipinski definition) is 3. The molecule has 0 aromatic carbocycles. The summed E-state index contributed by atoms with van der Waals surface area (Å²) < 4.78 is 4.18. The number of nitrogens with one attached hydrogen (secondary N) is 1. The summed E-state index contributed by atoms with van der Waals surface area (Å²) in [4.78, 5) is 0. The topological polar surface area (TPSA) is 47.7 Å². The van der Waals surface area contributed by atoms with Gasteiger partial charge in [-0.1, -0.05) is 13.8 Å². The Labute approximate surface area is 121 Å². The second-order valence-electron chi connectivity index (χ2n) is 5.17. The van der Waals surface area contributed by atoms with Crippen LogP contribution in [0.4, 0.5) is 0 Å². The molecule has 110 valence electrons. The average Bonchev–Trinajstić information content (AvgIpc) is 3.08. The van der Waals surface area contributed by atoms with E-state index in [-0.39, 0.29) is 0 Å². The van der Waals surface area contributed by atoms with Crippen LogP contribution in [0.15, 0.2) is 24.5 Å². The van der Waals surface area contributed by atoms with Gasteiger partial charge in [0.05, 0.1) is 11.4 Å². The van der Waals surface area contributed by atoms with E-state index in [0.29, 0.717) is 6.04 Å². The van der Waals surface area contributed by atoms with E-state index in [2.05, 4.69) is 57.8 Å². The first-order chi connectivity index (χ1) is 9.76. The molecular formula is C15H25N5. The predicted octanol–water partition coefficient (Wildman–Crippen LogP) is 2.75. The van der Waals surface area contributed by atoms with Crippen molar-refractivity contribution in [2.24, 2.45) is 0 Å². The third-order valence-corrected chi connectivity index (χ3v) is 3.61. The van der Waals surface area contributed by atoms with Crippen molar-refractivity contribution in [1.29, 1.82) is 0 Å². The van der Waals surface area contributed by atoms with Crippen LogP contribution in [0.1, 0.15) is 51.0 Å². The first kappa shape index (κ1) is 14.8. The van der Waals surface area contributed by atoms with Gasteiger partial charge in [-0.05, 0) is 31.9 Å². The van der Waals surface area contributed by atoms with Crippen LogP contribution in [0.25, 0.3) is 0 Å². The molecule has 2 heterocycles. The van der Waals surface area contributed by atoms with Gasteiger partial charge in [0, 0.05) is 38.1 Å². The summed E-state index contributed by atoms with van der Waals surface area (Å²) in [5.41, 5.74) is 2.47. The summed E-state index contributed by atoms with van der Waals surface area (Å²) in [5, 5.41) is 12.2. The fourth-order valence-corrected chi connectivity index (χ4v) is 2.29. The molecule has 0 aliphatic carbocycles. The Hall–Kier alpha value is -1.62. The molecule has 0 bridgehead atoms. The van der Waals surface area contributed by atoms with E-state index in [1.165, 1.54) is 11.4 Å². The van der Waals surface area contributed by atoms with Crippen LogP contribution in [0.2, 0.25) is 0 Å². The van der Waals surface area contributed by atoms with Crippen LogP contribution in [0.3, 0.4) is 0 Å². The van der Waals surface area contributed by atoms with E-state index >= 15 is 0 Å². The zero-order valence-electron chi connectivity index (χ0n) is 12.7. The minimum Gasteiger partial charge on any atom is -0.306 e. The molecule has 5 nitrogen and oxygen atoms in total. The van der Waals surface area contributed by atoms with Crippen LogP contribution >= 0.6 is 0 Å². The largest absolute Gasteiger partial charge is 0.306 e. The molecule has 0 saturated carbocycles. The maximum Gasteiger partial charge on any atom is 0.0525 e. The van der Waals surface area contributed by atoms with E-state index in [1.54, 1.807) is 0 Å². The van der Waals surface area contributed by atoms with Crippen molar-refractivity contribution in [3.05, 3.63) is 35.9 Å². The molecule has 2 aromatic rings. The summed E-state index contributed by atoms with van der Waals surface area (Å²) in [6, 6.07) is 4.62. The van der Waals surface area contributed by atoms with Crippen LogP contribution < -0.4 is 5.32 Å². The average molecular weight is 275 g/mol. The second-order valence-corrected chi connectivity index (χ2v) is 5.17. The number of aryl methyl sites for hydroxylation is 1. The standard InChI is InChI=1S/C15H25N5/c1-4-10-19-14(6-8-17-19)11-16-12-15-7-9-18-20(15)13(3)5-2/h6-9,13,16H,4-5,10-12H2,1-3H3/t13-/m0/s1. The van der Waals surface area contributed by atoms with E-state index < -0.39 is 0 Å². The summed E-state index contributed by atoms with van der Waals surface area (Å²) in [6.07, 6.45) is 5.95. The fourth-order valence-electron chi connectivity index (χ4n) is 2.29. The molecule has 2 aromatic heterocycles. The molecular weight excluding hydrogens is 250 g/mol. The lowest BCUT2D eigenvalue weighted by atomic mass is 10.2. The van der Waals surface area contributed by atoms with Gasteiger partial charge in [-0.2, -0.15) is 10.2 Å². The van der Waals surface area contributed by atoms with E-state index in [9.17, 15) is 0 Å². The molecule has 0 spiro atoms. The van der Waals surface area contributed by atoms with Crippen LogP contribution in [-0.2, 0) is 19.6 Å². The predicted molar refractivity (Wildman–Crippen MR) is 80.3 cm³/mol. The Bertz CT molecular complexity index is 514. The smallest absolute Gasteiger partial charge is 0.0525 e. The highest BCUT2D eigenvalue weighted by Gasteiger charge is 2.08. The molecule has 0 fully saturated rings. The van der Waals surface area contributed by atoms with Gasteiger partial charge in [-0.25, -0.2) is 0 Å². The number of rotatable bonds is 8. The van der Waals surface area contributed by atoms with Crippen LogP contribution in [0, 0.1) is 0 Å². The van der Waals surface area contributed by atoms with Crippen molar-refractivity contribution < 1.29 is 0 Å². The molecule has 0 unspecified atom stereocenters. The maximum atomic E-state index is 4.41. The van der Waals surface area contributed by atoms with Gasteiger partial charge in [-0.15, -0.1) is 0 Å². The SMILES string of the molecule is CCCn1nccc1CNCc1ccnn1[C@@H](C)CC. The Kier molecular flexibility index (Phi) is 5.35. The van der Waals surface area contributed by atoms with Gasteiger partial charge in [0.2, 0.25) is 0 Å². The molecule has 1 atom stereocenters. The Morgan fingerprint density at radius 3 is 2.55 bits per heavy atom. The van der Waals surface area contributed by atoms with Crippen molar-refractivity contribution in [1.82, 2.24) is 24.9 Å².